The molecule has 0 unspecified atom stereocenters. The summed E-state index contributed by atoms with van der Waals surface area (Å²) in [5.74, 6) is 0. The van der Waals surface area contributed by atoms with Crippen LogP contribution in [-0.2, 0) is 12.1 Å². The second-order valence-electron chi connectivity index (χ2n) is 6.84. The Morgan fingerprint density at radius 2 is 1.59 bits per heavy atom. The van der Waals surface area contributed by atoms with Gasteiger partial charge in [0.1, 0.15) is 11.2 Å². The number of hydrogen-bond acceptors (Lipinski definition) is 7. The van der Waals surface area contributed by atoms with Gasteiger partial charge in [0.15, 0.2) is 0 Å². The first-order valence-electron chi connectivity index (χ1n) is 9.04. The molecule has 4 N–H and O–H groups in total. The Hall–Kier alpha value is -3.28. The molecule has 0 atom stereocenters. The lowest BCUT2D eigenvalue weighted by Crippen LogP contribution is -2.29. The highest BCUT2D eigenvalue weighted by Crippen LogP contribution is 2.39. The minimum absolute atomic E-state index is 0.0312. The van der Waals surface area contributed by atoms with E-state index in [1.54, 1.807) is 0 Å². The van der Waals surface area contributed by atoms with Crippen LogP contribution in [0.2, 0.25) is 5.02 Å². The van der Waals surface area contributed by atoms with Gasteiger partial charge in [-0.1, -0.05) is 29.8 Å². The van der Waals surface area contributed by atoms with Crippen LogP contribution in [0.15, 0.2) is 65.6 Å². The highest BCUT2D eigenvalue weighted by molar-refractivity contribution is 6.30. The molecule has 0 spiro atoms. The molecule has 4 aromatic rings. The summed E-state index contributed by atoms with van der Waals surface area (Å²) in [5, 5.41) is 42.8. The van der Waals surface area contributed by atoms with Crippen molar-refractivity contribution in [1.29, 1.82) is 0 Å². The Labute approximate surface area is 183 Å². The summed E-state index contributed by atoms with van der Waals surface area (Å²) in [6.07, 6.45) is 1.32. The van der Waals surface area contributed by atoms with Crippen LogP contribution in [0.25, 0.3) is 27.8 Å². The highest BCUT2D eigenvalue weighted by atomic mass is 35.5. The minimum atomic E-state index is -4.20. The fraction of sp³-hybridized carbons (Fsp3) is 0.0952. The molecule has 2 aromatic heterocycles. The largest absolute Gasteiger partial charge is 0.345 e. The van der Waals surface area contributed by atoms with Crippen molar-refractivity contribution in [2.24, 2.45) is 0 Å². The average molecular weight is 462 g/mol. The number of halogens is 3. The SMILES string of the molecule is O=c1c2cccnc2c(-c2cccc(C(O)(O)F)c2C(O)(O)F)nn1-c1ccc(Cl)cc1. The van der Waals surface area contributed by atoms with Gasteiger partial charge >= 0.3 is 12.1 Å². The van der Waals surface area contributed by atoms with E-state index < -0.39 is 34.3 Å². The number of alkyl halides is 2. The predicted molar refractivity (Wildman–Crippen MR) is 110 cm³/mol. The third-order valence-corrected chi connectivity index (χ3v) is 4.96. The molecule has 0 saturated carbocycles. The lowest BCUT2D eigenvalue weighted by molar-refractivity contribution is -0.290. The van der Waals surface area contributed by atoms with Crippen molar-refractivity contribution in [1.82, 2.24) is 14.8 Å². The zero-order valence-electron chi connectivity index (χ0n) is 15.9. The molecular weight excluding hydrogens is 448 g/mol. The van der Waals surface area contributed by atoms with Crippen LogP contribution in [0.5, 0.6) is 0 Å². The summed E-state index contributed by atoms with van der Waals surface area (Å²) in [6, 6.07) is 3.60. The molecule has 0 aliphatic carbocycles. The second-order valence-corrected chi connectivity index (χ2v) is 7.28. The van der Waals surface area contributed by atoms with E-state index in [9.17, 15) is 34.0 Å². The highest BCUT2D eigenvalue weighted by Gasteiger charge is 2.40. The van der Waals surface area contributed by atoms with Gasteiger partial charge < -0.3 is 20.4 Å². The third-order valence-electron chi connectivity index (χ3n) is 4.71. The van der Waals surface area contributed by atoms with Gasteiger partial charge in [0.25, 0.3) is 5.56 Å². The zero-order valence-corrected chi connectivity index (χ0v) is 16.7. The maximum Gasteiger partial charge on any atom is 0.345 e. The van der Waals surface area contributed by atoms with Crippen molar-refractivity contribution < 1.29 is 29.2 Å². The first-order chi connectivity index (χ1) is 15.0. The molecule has 8 nitrogen and oxygen atoms in total. The molecular formula is C21H14ClF2N3O5. The molecule has 0 aliphatic heterocycles. The lowest BCUT2D eigenvalue weighted by Gasteiger charge is -2.23. The number of aliphatic hydroxyl groups is 4. The van der Waals surface area contributed by atoms with E-state index in [1.807, 2.05) is 0 Å². The normalized spacial score (nSPS) is 12.3. The Morgan fingerprint density at radius 1 is 0.906 bits per heavy atom. The molecule has 0 fully saturated rings. The van der Waals surface area contributed by atoms with Crippen LogP contribution in [0.1, 0.15) is 11.1 Å². The van der Waals surface area contributed by atoms with Crippen LogP contribution < -0.4 is 5.56 Å². The van der Waals surface area contributed by atoms with Crippen LogP contribution in [0.3, 0.4) is 0 Å². The Kier molecular flexibility index (Phi) is 5.27. The molecule has 164 valence electrons. The zero-order chi connectivity index (χ0) is 23.3. The Morgan fingerprint density at radius 3 is 2.22 bits per heavy atom. The van der Waals surface area contributed by atoms with Crippen molar-refractivity contribution in [2.45, 2.75) is 12.1 Å². The van der Waals surface area contributed by atoms with Gasteiger partial charge in [-0.3, -0.25) is 9.78 Å². The van der Waals surface area contributed by atoms with Gasteiger partial charge in [0, 0.05) is 16.8 Å². The topological polar surface area (TPSA) is 129 Å². The molecule has 0 radical (unpaired) electrons. The number of pyridine rings is 1. The van der Waals surface area contributed by atoms with Crippen molar-refractivity contribution in [3.05, 3.63) is 87.3 Å². The smallest absolute Gasteiger partial charge is 0.336 e. The number of hydrogen-bond donors (Lipinski definition) is 4. The Balaban J connectivity index is 2.14. The number of nitrogens with zero attached hydrogens (tertiary/aromatic N) is 3. The second kappa shape index (κ2) is 7.69. The summed E-state index contributed by atoms with van der Waals surface area (Å²) in [5.41, 5.74) is -3.46. The van der Waals surface area contributed by atoms with E-state index in [0.29, 0.717) is 5.02 Å². The average Bonchev–Trinajstić information content (AvgIpc) is 2.73. The minimum Gasteiger partial charge on any atom is -0.336 e. The van der Waals surface area contributed by atoms with E-state index in [-0.39, 0.29) is 22.3 Å². The summed E-state index contributed by atoms with van der Waals surface area (Å²) in [4.78, 5) is 17.1. The molecule has 0 amide bonds. The summed E-state index contributed by atoms with van der Waals surface area (Å²) in [7, 11) is 0. The maximum absolute atomic E-state index is 14.4. The molecule has 0 saturated heterocycles. The summed E-state index contributed by atoms with van der Waals surface area (Å²) in [6.45, 7) is 0. The standard InChI is InChI=1S/C21H14ClF2N3O5/c22-11-6-8-12(9-7-11)27-19(28)14-4-2-10-25-17(14)18(26-27)13-3-1-5-15(20(23,29)30)16(13)21(24,31)32/h1-10,29-32H. The van der Waals surface area contributed by atoms with Crippen molar-refractivity contribution in [2.75, 3.05) is 0 Å². The number of benzene rings is 2. The quantitative estimate of drug-likeness (QED) is 0.343. The van der Waals surface area contributed by atoms with E-state index >= 15 is 0 Å². The van der Waals surface area contributed by atoms with Crippen LogP contribution in [-0.4, -0.2) is 35.2 Å². The molecule has 0 bridgehead atoms. The fourth-order valence-electron chi connectivity index (χ4n) is 3.37. The van der Waals surface area contributed by atoms with Gasteiger partial charge in [-0.15, -0.1) is 0 Å². The third kappa shape index (κ3) is 3.85. The van der Waals surface area contributed by atoms with Gasteiger partial charge in [0.05, 0.1) is 22.2 Å². The van der Waals surface area contributed by atoms with Crippen LogP contribution in [0, 0.1) is 0 Å². The van der Waals surface area contributed by atoms with Gasteiger partial charge in [0.2, 0.25) is 0 Å². The van der Waals surface area contributed by atoms with E-state index in [1.165, 1.54) is 42.6 Å². The Bertz CT molecular complexity index is 1380. The number of rotatable bonds is 4. The molecule has 4 rings (SSSR count). The summed E-state index contributed by atoms with van der Waals surface area (Å²) >= 11 is 5.89. The van der Waals surface area contributed by atoms with Gasteiger partial charge in [-0.05, 0) is 36.4 Å². The predicted octanol–water partition coefficient (Wildman–Crippen LogP) is 2.23. The molecule has 11 heteroatoms. The monoisotopic (exact) mass is 461 g/mol. The van der Waals surface area contributed by atoms with Crippen LogP contribution in [0.4, 0.5) is 8.78 Å². The summed E-state index contributed by atoms with van der Waals surface area (Å²) < 4.78 is 29.3. The van der Waals surface area contributed by atoms with E-state index in [0.717, 1.165) is 22.9 Å². The number of fused-ring (bicyclic) bond motifs is 1. The van der Waals surface area contributed by atoms with Crippen molar-refractivity contribution in [3.63, 3.8) is 0 Å². The van der Waals surface area contributed by atoms with Crippen LogP contribution >= 0.6 is 11.6 Å². The lowest BCUT2D eigenvalue weighted by atomic mass is 9.95. The van der Waals surface area contributed by atoms with E-state index in [2.05, 4.69) is 10.1 Å². The van der Waals surface area contributed by atoms with Crippen molar-refractivity contribution in [3.8, 4) is 16.9 Å². The van der Waals surface area contributed by atoms with Crippen molar-refractivity contribution >= 4 is 22.5 Å². The van der Waals surface area contributed by atoms with Gasteiger partial charge in [-0.2, -0.15) is 18.6 Å². The first kappa shape index (κ1) is 21.9. The number of aromatic nitrogens is 3. The van der Waals surface area contributed by atoms with E-state index in [4.69, 9.17) is 11.6 Å². The van der Waals surface area contributed by atoms with Gasteiger partial charge in [-0.25, -0.2) is 0 Å². The molecule has 32 heavy (non-hydrogen) atoms. The molecule has 2 heterocycles. The molecule has 2 aromatic carbocycles. The fourth-order valence-corrected chi connectivity index (χ4v) is 3.50. The maximum atomic E-state index is 14.4. The first-order valence-corrected chi connectivity index (χ1v) is 9.42. The molecule has 0 aliphatic rings.